The molecule has 2 aromatic rings. The fourth-order valence-corrected chi connectivity index (χ4v) is 1.88. The van der Waals surface area contributed by atoms with Crippen LogP contribution in [0.2, 0.25) is 0 Å². The second-order valence-corrected chi connectivity index (χ2v) is 4.17. The average Bonchev–Trinajstić information content (AvgIpc) is 2.74. The van der Waals surface area contributed by atoms with Crippen molar-refractivity contribution < 1.29 is 4.42 Å². The molecule has 1 aromatic carbocycles. The molecule has 0 aliphatic carbocycles. The molecule has 1 aromatic heterocycles. The van der Waals surface area contributed by atoms with E-state index in [1.807, 2.05) is 12.1 Å². The Hall–Kier alpha value is -1.54. The Balaban J connectivity index is 1.97. The summed E-state index contributed by atoms with van der Waals surface area (Å²) in [5.41, 5.74) is 8.73. The smallest absolute Gasteiger partial charge is 0.105 e. The van der Waals surface area contributed by atoms with Gasteiger partial charge < -0.3 is 10.2 Å². The normalized spacial score (nSPS) is 12.6. The summed E-state index contributed by atoms with van der Waals surface area (Å²) in [5.74, 6) is 0.959. The van der Waals surface area contributed by atoms with Gasteiger partial charge in [-0.1, -0.05) is 24.3 Å². The quantitative estimate of drug-likeness (QED) is 0.851. The SMILES string of the molecule is Cc1ccccc1CC(N)Cc1ccco1. The van der Waals surface area contributed by atoms with Crippen molar-refractivity contribution >= 4 is 0 Å². The van der Waals surface area contributed by atoms with E-state index in [4.69, 9.17) is 10.2 Å². The van der Waals surface area contributed by atoms with Gasteiger partial charge in [0, 0.05) is 12.5 Å². The van der Waals surface area contributed by atoms with E-state index in [9.17, 15) is 0 Å². The summed E-state index contributed by atoms with van der Waals surface area (Å²) >= 11 is 0. The Morgan fingerprint density at radius 2 is 1.94 bits per heavy atom. The van der Waals surface area contributed by atoms with Gasteiger partial charge in [-0.15, -0.1) is 0 Å². The van der Waals surface area contributed by atoms with E-state index in [0.29, 0.717) is 0 Å². The molecule has 0 radical (unpaired) electrons. The van der Waals surface area contributed by atoms with Crippen molar-refractivity contribution in [2.75, 3.05) is 0 Å². The van der Waals surface area contributed by atoms with Crippen LogP contribution in [0.4, 0.5) is 0 Å². The first-order valence-corrected chi connectivity index (χ1v) is 5.58. The van der Waals surface area contributed by atoms with E-state index in [1.54, 1.807) is 6.26 Å². The standard InChI is InChI=1S/C14H17NO/c1-11-5-2-3-6-12(11)9-13(15)10-14-7-4-8-16-14/h2-8,13H,9-10,15H2,1H3. The van der Waals surface area contributed by atoms with E-state index >= 15 is 0 Å². The maximum Gasteiger partial charge on any atom is 0.105 e. The molecule has 2 rings (SSSR count). The largest absolute Gasteiger partial charge is 0.469 e. The molecule has 1 atom stereocenters. The molecule has 2 heteroatoms. The van der Waals surface area contributed by atoms with Crippen LogP contribution >= 0.6 is 0 Å². The third-order valence-electron chi connectivity index (χ3n) is 2.79. The first kappa shape index (κ1) is 11.0. The molecule has 1 unspecified atom stereocenters. The van der Waals surface area contributed by atoms with Crippen LogP contribution in [0.15, 0.2) is 47.1 Å². The summed E-state index contributed by atoms with van der Waals surface area (Å²) in [7, 11) is 0. The number of aryl methyl sites for hydroxylation is 1. The molecule has 1 heterocycles. The number of furan rings is 1. The number of hydrogen-bond acceptors (Lipinski definition) is 2. The highest BCUT2D eigenvalue weighted by Gasteiger charge is 2.08. The van der Waals surface area contributed by atoms with Crippen LogP contribution in [-0.2, 0) is 12.8 Å². The highest BCUT2D eigenvalue weighted by molar-refractivity contribution is 5.26. The summed E-state index contributed by atoms with van der Waals surface area (Å²) in [4.78, 5) is 0. The van der Waals surface area contributed by atoms with Crippen LogP contribution in [0, 0.1) is 6.92 Å². The molecular formula is C14H17NO. The summed E-state index contributed by atoms with van der Waals surface area (Å²) in [5, 5.41) is 0. The van der Waals surface area contributed by atoms with Crippen LogP contribution in [0.1, 0.15) is 16.9 Å². The molecular weight excluding hydrogens is 198 g/mol. The predicted octanol–water partition coefficient (Wildman–Crippen LogP) is 2.70. The predicted molar refractivity (Wildman–Crippen MR) is 65.3 cm³/mol. The van der Waals surface area contributed by atoms with Gasteiger partial charge in [0.05, 0.1) is 6.26 Å². The molecule has 2 nitrogen and oxygen atoms in total. The third-order valence-corrected chi connectivity index (χ3v) is 2.79. The topological polar surface area (TPSA) is 39.2 Å². The van der Waals surface area contributed by atoms with Crippen LogP contribution in [0.5, 0.6) is 0 Å². The van der Waals surface area contributed by atoms with E-state index < -0.39 is 0 Å². The fourth-order valence-electron chi connectivity index (χ4n) is 1.88. The maximum atomic E-state index is 6.11. The molecule has 0 spiro atoms. The summed E-state index contributed by atoms with van der Waals surface area (Å²) in [6, 6.07) is 12.4. The van der Waals surface area contributed by atoms with Crippen molar-refractivity contribution in [2.45, 2.75) is 25.8 Å². The van der Waals surface area contributed by atoms with E-state index in [1.165, 1.54) is 11.1 Å². The van der Waals surface area contributed by atoms with Gasteiger partial charge in [-0.2, -0.15) is 0 Å². The van der Waals surface area contributed by atoms with E-state index in [-0.39, 0.29) is 6.04 Å². The lowest BCUT2D eigenvalue weighted by atomic mass is 9.99. The average molecular weight is 215 g/mol. The zero-order chi connectivity index (χ0) is 11.4. The zero-order valence-corrected chi connectivity index (χ0v) is 9.52. The van der Waals surface area contributed by atoms with Crippen LogP contribution in [0.3, 0.4) is 0 Å². The third kappa shape index (κ3) is 2.74. The van der Waals surface area contributed by atoms with Gasteiger partial charge in [-0.25, -0.2) is 0 Å². The van der Waals surface area contributed by atoms with Gasteiger partial charge in [0.1, 0.15) is 5.76 Å². The van der Waals surface area contributed by atoms with Gasteiger partial charge >= 0.3 is 0 Å². The number of rotatable bonds is 4. The van der Waals surface area contributed by atoms with Gasteiger partial charge in [-0.05, 0) is 36.6 Å². The molecule has 84 valence electrons. The molecule has 0 bridgehead atoms. The molecule has 2 N–H and O–H groups in total. The fraction of sp³-hybridized carbons (Fsp3) is 0.286. The van der Waals surface area contributed by atoms with Crippen molar-refractivity contribution in [2.24, 2.45) is 5.73 Å². The monoisotopic (exact) mass is 215 g/mol. The van der Waals surface area contributed by atoms with Crippen molar-refractivity contribution in [1.29, 1.82) is 0 Å². The minimum Gasteiger partial charge on any atom is -0.469 e. The second kappa shape index (κ2) is 4.99. The highest BCUT2D eigenvalue weighted by atomic mass is 16.3. The molecule has 0 saturated carbocycles. The molecule has 0 fully saturated rings. The summed E-state index contributed by atoms with van der Waals surface area (Å²) in [6.07, 6.45) is 3.38. The summed E-state index contributed by atoms with van der Waals surface area (Å²) < 4.78 is 5.29. The minimum absolute atomic E-state index is 0.118. The van der Waals surface area contributed by atoms with E-state index in [2.05, 4.69) is 31.2 Å². The van der Waals surface area contributed by atoms with Crippen LogP contribution in [0.25, 0.3) is 0 Å². The first-order chi connectivity index (χ1) is 7.75. The molecule has 0 aliphatic rings. The highest BCUT2D eigenvalue weighted by Crippen LogP contribution is 2.11. The van der Waals surface area contributed by atoms with Gasteiger partial charge in [0.15, 0.2) is 0 Å². The Morgan fingerprint density at radius 1 is 1.12 bits per heavy atom. The molecule has 0 aliphatic heterocycles. The Bertz CT molecular complexity index is 434. The van der Waals surface area contributed by atoms with Crippen molar-refractivity contribution in [3.8, 4) is 0 Å². The molecule has 0 amide bonds. The Labute approximate surface area is 96.1 Å². The molecule has 0 saturated heterocycles. The van der Waals surface area contributed by atoms with E-state index in [0.717, 1.165) is 18.6 Å². The number of benzene rings is 1. The lowest BCUT2D eigenvalue weighted by Gasteiger charge is -2.11. The van der Waals surface area contributed by atoms with Crippen molar-refractivity contribution in [3.05, 3.63) is 59.5 Å². The zero-order valence-electron chi connectivity index (χ0n) is 9.52. The minimum atomic E-state index is 0.118. The lowest BCUT2D eigenvalue weighted by molar-refractivity contribution is 0.482. The van der Waals surface area contributed by atoms with Gasteiger partial charge in [0.2, 0.25) is 0 Å². The second-order valence-electron chi connectivity index (χ2n) is 4.17. The summed E-state index contributed by atoms with van der Waals surface area (Å²) in [6.45, 7) is 2.12. The Morgan fingerprint density at radius 3 is 2.62 bits per heavy atom. The van der Waals surface area contributed by atoms with Crippen LogP contribution < -0.4 is 5.73 Å². The first-order valence-electron chi connectivity index (χ1n) is 5.58. The van der Waals surface area contributed by atoms with Gasteiger partial charge in [0.25, 0.3) is 0 Å². The number of hydrogen-bond donors (Lipinski definition) is 1. The maximum absolute atomic E-state index is 6.11. The molecule has 16 heavy (non-hydrogen) atoms. The van der Waals surface area contributed by atoms with Crippen molar-refractivity contribution in [3.63, 3.8) is 0 Å². The van der Waals surface area contributed by atoms with Crippen molar-refractivity contribution in [1.82, 2.24) is 0 Å². The number of nitrogens with two attached hydrogens (primary N) is 1. The van der Waals surface area contributed by atoms with Gasteiger partial charge in [-0.3, -0.25) is 0 Å². The Kier molecular flexibility index (Phi) is 3.42. The lowest BCUT2D eigenvalue weighted by Crippen LogP contribution is -2.25. The van der Waals surface area contributed by atoms with Crippen LogP contribution in [-0.4, -0.2) is 6.04 Å².